The first kappa shape index (κ1) is 19.1. The third-order valence-corrected chi connectivity index (χ3v) is 5.30. The first-order valence-corrected chi connectivity index (χ1v) is 8.68. The van der Waals surface area contributed by atoms with Gasteiger partial charge in [0.05, 0.1) is 19.5 Å². The molecule has 0 amide bonds. The van der Waals surface area contributed by atoms with E-state index in [-0.39, 0.29) is 0 Å². The lowest BCUT2D eigenvalue weighted by Gasteiger charge is -2.23. The molecule has 0 radical (unpaired) electrons. The van der Waals surface area contributed by atoms with Crippen LogP contribution >= 0.6 is 11.8 Å². The maximum Gasteiger partial charge on any atom is 0.336 e. The van der Waals surface area contributed by atoms with Crippen molar-refractivity contribution in [3.05, 3.63) is 53.1 Å². The molecule has 0 spiro atoms. The van der Waals surface area contributed by atoms with Crippen LogP contribution in [0.2, 0.25) is 0 Å². The number of nitrogens with two attached hydrogens (primary N) is 1. The van der Waals surface area contributed by atoms with Gasteiger partial charge in [0.2, 0.25) is 0 Å². The van der Waals surface area contributed by atoms with Crippen molar-refractivity contribution < 1.29 is 19.4 Å². The summed E-state index contributed by atoms with van der Waals surface area (Å²) in [4.78, 5) is 12.7. The number of aliphatic hydroxyl groups excluding tert-OH is 1. The van der Waals surface area contributed by atoms with Crippen molar-refractivity contribution in [3.63, 3.8) is 0 Å². The molecule has 2 unspecified atom stereocenters. The van der Waals surface area contributed by atoms with Crippen LogP contribution in [0.3, 0.4) is 0 Å². The highest BCUT2D eigenvalue weighted by Crippen LogP contribution is 2.42. The van der Waals surface area contributed by atoms with Crippen LogP contribution < -0.4 is 10.5 Å². The fraction of sp³-hybridized carbons (Fsp3) is 0.316. The summed E-state index contributed by atoms with van der Waals surface area (Å²) in [6, 6.07) is 11.2. The highest BCUT2D eigenvalue weighted by molar-refractivity contribution is 7.99. The number of methoxy groups -OCH3 is 2. The highest BCUT2D eigenvalue weighted by Gasteiger charge is 2.30. The largest absolute Gasteiger partial charge is 0.497 e. The van der Waals surface area contributed by atoms with Crippen molar-refractivity contribution in [3.8, 4) is 5.75 Å². The molecule has 134 valence electrons. The number of benzene rings is 2. The first-order chi connectivity index (χ1) is 11.9. The highest BCUT2D eigenvalue weighted by atomic mass is 32.2. The fourth-order valence-electron chi connectivity index (χ4n) is 2.53. The summed E-state index contributed by atoms with van der Waals surface area (Å²) in [5, 5.41) is 9.93. The number of hydrogen-bond acceptors (Lipinski definition) is 6. The van der Waals surface area contributed by atoms with Gasteiger partial charge in [0.15, 0.2) is 6.10 Å². The molecule has 0 aliphatic heterocycles. The van der Waals surface area contributed by atoms with Crippen LogP contribution in [0.5, 0.6) is 5.75 Å². The Labute approximate surface area is 152 Å². The molecule has 0 saturated carbocycles. The Bertz CT molecular complexity index is 746. The molecule has 2 aromatic carbocycles. The second kappa shape index (κ2) is 8.27. The van der Waals surface area contributed by atoms with Gasteiger partial charge in [-0.05, 0) is 48.7 Å². The van der Waals surface area contributed by atoms with Crippen molar-refractivity contribution in [2.75, 3.05) is 20.0 Å². The van der Waals surface area contributed by atoms with Crippen LogP contribution in [0.15, 0.2) is 41.3 Å². The molecule has 0 bridgehead atoms. The van der Waals surface area contributed by atoms with Gasteiger partial charge in [-0.15, -0.1) is 11.8 Å². The van der Waals surface area contributed by atoms with Gasteiger partial charge in [0, 0.05) is 10.6 Å². The molecular formula is C19H23NO4S. The third kappa shape index (κ3) is 4.46. The minimum atomic E-state index is -1.32. The molecule has 0 saturated heterocycles. The number of aryl methyl sites for hydroxylation is 2. The molecule has 2 aromatic rings. The zero-order valence-corrected chi connectivity index (χ0v) is 15.6. The van der Waals surface area contributed by atoms with Crippen LogP contribution in [0.25, 0.3) is 0 Å². The predicted molar refractivity (Wildman–Crippen MR) is 99.9 cm³/mol. The van der Waals surface area contributed by atoms with Crippen molar-refractivity contribution in [2.24, 2.45) is 0 Å². The van der Waals surface area contributed by atoms with Crippen molar-refractivity contribution in [2.45, 2.75) is 30.1 Å². The number of nitrogen functional groups attached to an aromatic ring is 1. The van der Waals surface area contributed by atoms with E-state index in [1.165, 1.54) is 18.9 Å². The van der Waals surface area contributed by atoms with E-state index in [9.17, 15) is 9.90 Å². The van der Waals surface area contributed by atoms with Crippen molar-refractivity contribution >= 4 is 23.4 Å². The zero-order valence-electron chi connectivity index (χ0n) is 14.8. The summed E-state index contributed by atoms with van der Waals surface area (Å²) < 4.78 is 9.88. The van der Waals surface area contributed by atoms with E-state index in [1.54, 1.807) is 19.2 Å². The van der Waals surface area contributed by atoms with Crippen LogP contribution in [0.4, 0.5) is 5.69 Å². The van der Waals surface area contributed by atoms with Crippen molar-refractivity contribution in [1.29, 1.82) is 0 Å². The summed E-state index contributed by atoms with van der Waals surface area (Å²) in [5.74, 6) is 0.0160. The lowest BCUT2D eigenvalue weighted by molar-refractivity contribution is -0.150. The second-order valence-electron chi connectivity index (χ2n) is 5.77. The minimum absolute atomic E-state index is 0.554. The maximum absolute atomic E-state index is 11.9. The number of ether oxygens (including phenoxy) is 2. The van der Waals surface area contributed by atoms with Gasteiger partial charge >= 0.3 is 5.97 Å². The van der Waals surface area contributed by atoms with Gasteiger partial charge in [-0.2, -0.15) is 0 Å². The number of thioether (sulfide) groups is 1. The number of rotatable bonds is 6. The standard InChI is InChI=1S/C19H23NO4S/c1-11-9-12(2)16(20)15(10-11)25-18(17(21)19(22)24-4)13-5-7-14(23-3)8-6-13/h5-10,17-18,21H,20H2,1-4H3. The molecule has 3 N–H and O–H groups in total. The Balaban J connectivity index is 2.42. The van der Waals surface area contributed by atoms with E-state index >= 15 is 0 Å². The molecule has 5 nitrogen and oxygen atoms in total. The Morgan fingerprint density at radius 2 is 1.80 bits per heavy atom. The summed E-state index contributed by atoms with van der Waals surface area (Å²) >= 11 is 1.35. The quantitative estimate of drug-likeness (QED) is 0.467. The average molecular weight is 361 g/mol. The molecule has 2 rings (SSSR count). The molecule has 0 aliphatic rings. The van der Waals surface area contributed by atoms with E-state index in [0.717, 1.165) is 21.6 Å². The third-order valence-electron chi connectivity index (χ3n) is 3.92. The van der Waals surface area contributed by atoms with Crippen LogP contribution in [-0.4, -0.2) is 31.4 Å². The SMILES string of the molecule is COC(=O)C(O)C(Sc1cc(C)cc(C)c1N)c1ccc(OC)cc1. The lowest BCUT2D eigenvalue weighted by Crippen LogP contribution is -2.27. The van der Waals surface area contributed by atoms with E-state index in [2.05, 4.69) is 0 Å². The van der Waals surface area contributed by atoms with Gasteiger partial charge in [0.25, 0.3) is 0 Å². The normalized spacial score (nSPS) is 13.2. The van der Waals surface area contributed by atoms with Crippen molar-refractivity contribution in [1.82, 2.24) is 0 Å². The number of carbonyl (C=O) groups excluding carboxylic acids is 1. The fourth-order valence-corrected chi connectivity index (χ4v) is 3.88. The van der Waals surface area contributed by atoms with Gasteiger partial charge in [-0.25, -0.2) is 4.79 Å². The smallest absolute Gasteiger partial charge is 0.336 e. The molecule has 6 heteroatoms. The maximum atomic E-state index is 11.9. The van der Waals surface area contributed by atoms with Gasteiger partial charge in [-0.1, -0.05) is 18.2 Å². The van der Waals surface area contributed by atoms with E-state index in [1.807, 2.05) is 38.1 Å². The van der Waals surface area contributed by atoms with E-state index in [0.29, 0.717) is 11.4 Å². The van der Waals surface area contributed by atoms with Gasteiger partial charge in [0.1, 0.15) is 5.75 Å². The van der Waals surface area contributed by atoms with Crippen LogP contribution in [-0.2, 0) is 9.53 Å². The molecule has 2 atom stereocenters. The Morgan fingerprint density at radius 3 is 2.36 bits per heavy atom. The average Bonchev–Trinajstić information content (AvgIpc) is 2.62. The number of aliphatic hydroxyl groups is 1. The van der Waals surface area contributed by atoms with Crippen LogP contribution in [0.1, 0.15) is 21.9 Å². The number of anilines is 1. The Morgan fingerprint density at radius 1 is 1.16 bits per heavy atom. The molecule has 0 fully saturated rings. The molecule has 25 heavy (non-hydrogen) atoms. The Kier molecular flexibility index (Phi) is 6.33. The Hall–Kier alpha value is -2.18. The molecule has 0 aliphatic carbocycles. The number of esters is 1. The van der Waals surface area contributed by atoms with E-state index in [4.69, 9.17) is 15.2 Å². The summed E-state index contributed by atoms with van der Waals surface area (Å²) in [6.45, 7) is 3.92. The monoisotopic (exact) mass is 361 g/mol. The van der Waals surface area contributed by atoms with E-state index < -0.39 is 17.3 Å². The summed E-state index contributed by atoms with van der Waals surface area (Å²) in [5.41, 5.74) is 9.64. The molecule has 0 aromatic heterocycles. The second-order valence-corrected chi connectivity index (χ2v) is 6.96. The molecular weight excluding hydrogens is 338 g/mol. The van der Waals surface area contributed by atoms with Gasteiger partial charge in [-0.3, -0.25) is 0 Å². The number of hydrogen-bond donors (Lipinski definition) is 2. The lowest BCUT2D eigenvalue weighted by atomic mass is 10.1. The molecule has 0 heterocycles. The summed E-state index contributed by atoms with van der Waals surface area (Å²) in [6.07, 6.45) is -1.32. The predicted octanol–water partition coefficient (Wildman–Crippen LogP) is 3.26. The first-order valence-electron chi connectivity index (χ1n) is 7.80. The minimum Gasteiger partial charge on any atom is -0.497 e. The number of carbonyl (C=O) groups is 1. The topological polar surface area (TPSA) is 81.8 Å². The van der Waals surface area contributed by atoms with Gasteiger partial charge < -0.3 is 20.3 Å². The van der Waals surface area contributed by atoms with Crippen LogP contribution in [0, 0.1) is 13.8 Å². The zero-order chi connectivity index (χ0) is 18.6. The summed E-state index contributed by atoms with van der Waals surface area (Å²) in [7, 11) is 2.84.